The zero-order chi connectivity index (χ0) is 13.8. The van der Waals surface area contributed by atoms with Crippen molar-refractivity contribution in [1.82, 2.24) is 4.90 Å². The van der Waals surface area contributed by atoms with Crippen LogP contribution in [0.5, 0.6) is 0 Å². The van der Waals surface area contributed by atoms with Crippen molar-refractivity contribution in [2.45, 2.75) is 33.1 Å². The standard InChI is InChI=1S/C13H27NO4/c1-3-4-9-18-10-5-6-14(7-8-15)11-12(2)13(16)17/h12,15H,3-11H2,1-2H3,(H,16,17). The fraction of sp³-hybridized carbons (Fsp3) is 0.923. The van der Waals surface area contributed by atoms with E-state index in [0.717, 1.165) is 32.4 Å². The van der Waals surface area contributed by atoms with Gasteiger partial charge in [-0.25, -0.2) is 0 Å². The van der Waals surface area contributed by atoms with Crippen molar-refractivity contribution in [2.24, 2.45) is 5.92 Å². The minimum Gasteiger partial charge on any atom is -0.481 e. The van der Waals surface area contributed by atoms with Gasteiger partial charge < -0.3 is 19.8 Å². The van der Waals surface area contributed by atoms with Gasteiger partial charge in [0, 0.05) is 32.8 Å². The topological polar surface area (TPSA) is 70.0 Å². The van der Waals surface area contributed by atoms with E-state index in [4.69, 9.17) is 14.9 Å². The van der Waals surface area contributed by atoms with E-state index in [0.29, 0.717) is 19.7 Å². The highest BCUT2D eigenvalue weighted by Gasteiger charge is 2.15. The molecule has 0 heterocycles. The first-order chi connectivity index (χ1) is 8.61. The lowest BCUT2D eigenvalue weighted by atomic mass is 10.1. The third-order valence-corrected chi connectivity index (χ3v) is 2.78. The Bertz CT molecular complexity index is 211. The van der Waals surface area contributed by atoms with E-state index in [1.165, 1.54) is 0 Å². The normalized spacial score (nSPS) is 12.9. The molecule has 2 N–H and O–H groups in total. The molecule has 0 aromatic carbocycles. The predicted molar refractivity (Wildman–Crippen MR) is 70.7 cm³/mol. The molecule has 0 spiro atoms. The predicted octanol–water partition coefficient (Wildman–Crippen LogP) is 1.21. The number of aliphatic hydroxyl groups excluding tert-OH is 1. The van der Waals surface area contributed by atoms with Crippen LogP contribution in [0.2, 0.25) is 0 Å². The van der Waals surface area contributed by atoms with Crippen molar-refractivity contribution in [2.75, 3.05) is 39.5 Å². The Morgan fingerprint density at radius 3 is 2.50 bits per heavy atom. The fourth-order valence-corrected chi connectivity index (χ4v) is 1.64. The van der Waals surface area contributed by atoms with Crippen LogP contribution in [0.1, 0.15) is 33.1 Å². The van der Waals surface area contributed by atoms with Crippen LogP contribution in [0.25, 0.3) is 0 Å². The van der Waals surface area contributed by atoms with E-state index >= 15 is 0 Å². The smallest absolute Gasteiger partial charge is 0.307 e. The molecule has 0 aromatic heterocycles. The van der Waals surface area contributed by atoms with Gasteiger partial charge in [0.25, 0.3) is 0 Å². The molecule has 0 radical (unpaired) electrons. The summed E-state index contributed by atoms with van der Waals surface area (Å²) >= 11 is 0. The Kier molecular flexibility index (Phi) is 11.0. The molecule has 0 amide bonds. The summed E-state index contributed by atoms with van der Waals surface area (Å²) in [6.07, 6.45) is 3.08. The number of ether oxygens (including phenoxy) is 1. The monoisotopic (exact) mass is 261 g/mol. The molecule has 108 valence electrons. The number of aliphatic carboxylic acids is 1. The Morgan fingerprint density at radius 1 is 1.28 bits per heavy atom. The third kappa shape index (κ3) is 9.39. The van der Waals surface area contributed by atoms with Crippen LogP contribution in [0.4, 0.5) is 0 Å². The van der Waals surface area contributed by atoms with Crippen molar-refractivity contribution >= 4 is 5.97 Å². The zero-order valence-corrected chi connectivity index (χ0v) is 11.6. The average molecular weight is 261 g/mol. The largest absolute Gasteiger partial charge is 0.481 e. The maximum absolute atomic E-state index is 10.8. The molecule has 0 saturated heterocycles. The van der Waals surface area contributed by atoms with Gasteiger partial charge in [-0.3, -0.25) is 4.79 Å². The molecule has 0 aliphatic carbocycles. The second-order valence-electron chi connectivity index (χ2n) is 4.58. The third-order valence-electron chi connectivity index (χ3n) is 2.78. The summed E-state index contributed by atoms with van der Waals surface area (Å²) in [4.78, 5) is 12.7. The van der Waals surface area contributed by atoms with Crippen LogP contribution in [0.15, 0.2) is 0 Å². The number of nitrogens with zero attached hydrogens (tertiary/aromatic N) is 1. The lowest BCUT2D eigenvalue weighted by Crippen LogP contribution is -2.35. The Morgan fingerprint density at radius 2 is 1.94 bits per heavy atom. The van der Waals surface area contributed by atoms with Crippen molar-refractivity contribution in [3.63, 3.8) is 0 Å². The Labute approximate surface area is 110 Å². The second kappa shape index (κ2) is 11.4. The highest BCUT2D eigenvalue weighted by atomic mass is 16.5. The van der Waals surface area contributed by atoms with Gasteiger partial charge in [-0.15, -0.1) is 0 Å². The molecule has 0 fully saturated rings. The molecule has 0 aromatic rings. The van der Waals surface area contributed by atoms with Crippen molar-refractivity contribution in [1.29, 1.82) is 0 Å². The molecule has 0 saturated carbocycles. The van der Waals surface area contributed by atoms with Crippen molar-refractivity contribution in [3.8, 4) is 0 Å². The van der Waals surface area contributed by atoms with Crippen LogP contribution in [0, 0.1) is 5.92 Å². The van der Waals surface area contributed by atoms with E-state index in [-0.39, 0.29) is 6.61 Å². The lowest BCUT2D eigenvalue weighted by Gasteiger charge is -2.23. The van der Waals surface area contributed by atoms with Crippen LogP contribution in [-0.4, -0.2) is 60.5 Å². The lowest BCUT2D eigenvalue weighted by molar-refractivity contribution is -0.141. The first-order valence-electron chi connectivity index (χ1n) is 6.75. The number of aliphatic hydroxyl groups is 1. The van der Waals surface area contributed by atoms with Gasteiger partial charge in [0.2, 0.25) is 0 Å². The molecule has 5 nitrogen and oxygen atoms in total. The molecule has 1 atom stereocenters. The first kappa shape index (κ1) is 17.4. The highest BCUT2D eigenvalue weighted by molar-refractivity contribution is 5.69. The van der Waals surface area contributed by atoms with Gasteiger partial charge in [-0.2, -0.15) is 0 Å². The fourth-order valence-electron chi connectivity index (χ4n) is 1.64. The summed E-state index contributed by atoms with van der Waals surface area (Å²) in [6, 6.07) is 0. The van der Waals surface area contributed by atoms with E-state index in [1.54, 1.807) is 6.92 Å². The summed E-state index contributed by atoms with van der Waals surface area (Å²) in [5, 5.41) is 17.8. The van der Waals surface area contributed by atoms with E-state index < -0.39 is 11.9 Å². The molecule has 0 aliphatic heterocycles. The van der Waals surface area contributed by atoms with Gasteiger partial charge >= 0.3 is 5.97 Å². The number of hydrogen-bond acceptors (Lipinski definition) is 4. The first-order valence-corrected chi connectivity index (χ1v) is 6.75. The summed E-state index contributed by atoms with van der Waals surface area (Å²) in [5.74, 6) is -1.20. The number of carboxylic acid groups (broad SMARTS) is 1. The van der Waals surface area contributed by atoms with Crippen LogP contribution in [0.3, 0.4) is 0 Å². The Balaban J connectivity index is 3.72. The van der Waals surface area contributed by atoms with Crippen LogP contribution in [-0.2, 0) is 9.53 Å². The number of unbranched alkanes of at least 4 members (excludes halogenated alkanes) is 1. The molecule has 1 unspecified atom stereocenters. The van der Waals surface area contributed by atoms with Gasteiger partial charge in [0.15, 0.2) is 0 Å². The maximum atomic E-state index is 10.8. The van der Waals surface area contributed by atoms with E-state index in [1.807, 2.05) is 4.90 Å². The number of hydrogen-bond donors (Lipinski definition) is 2. The highest BCUT2D eigenvalue weighted by Crippen LogP contribution is 2.01. The molecule has 18 heavy (non-hydrogen) atoms. The second-order valence-corrected chi connectivity index (χ2v) is 4.58. The van der Waals surface area contributed by atoms with Gasteiger partial charge in [-0.1, -0.05) is 20.3 Å². The van der Waals surface area contributed by atoms with E-state index in [9.17, 15) is 4.79 Å². The Hall–Kier alpha value is -0.650. The molecular weight excluding hydrogens is 234 g/mol. The number of carboxylic acids is 1. The molecule has 0 aliphatic rings. The summed E-state index contributed by atoms with van der Waals surface area (Å²) in [7, 11) is 0. The minimum absolute atomic E-state index is 0.0586. The van der Waals surface area contributed by atoms with Crippen molar-refractivity contribution < 1.29 is 19.7 Å². The van der Waals surface area contributed by atoms with E-state index in [2.05, 4.69) is 6.92 Å². The zero-order valence-electron chi connectivity index (χ0n) is 11.6. The number of rotatable bonds is 12. The average Bonchev–Trinajstić information content (AvgIpc) is 2.33. The van der Waals surface area contributed by atoms with Crippen LogP contribution < -0.4 is 0 Å². The number of carbonyl (C=O) groups is 1. The molecule has 0 bridgehead atoms. The van der Waals surface area contributed by atoms with Crippen LogP contribution >= 0.6 is 0 Å². The quantitative estimate of drug-likeness (QED) is 0.517. The SMILES string of the molecule is CCCCOCCCN(CCO)CC(C)C(=O)O. The van der Waals surface area contributed by atoms with Gasteiger partial charge in [0.05, 0.1) is 12.5 Å². The summed E-state index contributed by atoms with van der Waals surface area (Å²) < 4.78 is 5.45. The summed E-state index contributed by atoms with van der Waals surface area (Å²) in [6.45, 7) is 7.13. The van der Waals surface area contributed by atoms with Gasteiger partial charge in [-0.05, 0) is 12.8 Å². The van der Waals surface area contributed by atoms with Crippen molar-refractivity contribution in [3.05, 3.63) is 0 Å². The maximum Gasteiger partial charge on any atom is 0.307 e. The van der Waals surface area contributed by atoms with Gasteiger partial charge in [0.1, 0.15) is 0 Å². The molecular formula is C13H27NO4. The molecule has 5 heteroatoms. The molecule has 0 rings (SSSR count). The summed E-state index contributed by atoms with van der Waals surface area (Å²) in [5.41, 5.74) is 0. The minimum atomic E-state index is -0.794.